The summed E-state index contributed by atoms with van der Waals surface area (Å²) in [6.45, 7) is 5.57. The number of nitrogens with one attached hydrogen (secondary N) is 1. The van der Waals surface area contributed by atoms with Crippen LogP contribution in [0.2, 0.25) is 0 Å². The molecule has 1 amide bonds. The molecule has 8 nitrogen and oxygen atoms in total. The Morgan fingerprint density at radius 1 is 1.42 bits per heavy atom. The second-order valence-corrected chi connectivity index (χ2v) is 9.51. The van der Waals surface area contributed by atoms with E-state index in [9.17, 15) is 13.2 Å². The summed E-state index contributed by atoms with van der Waals surface area (Å²) in [5.74, 6) is 0.522. The second kappa shape index (κ2) is 5.99. The van der Waals surface area contributed by atoms with Gasteiger partial charge in [0.15, 0.2) is 9.84 Å². The predicted octanol–water partition coefficient (Wildman–Crippen LogP) is 0.527. The third kappa shape index (κ3) is 3.69. The zero-order chi connectivity index (χ0) is 17.5. The number of nitrogens with zero attached hydrogens (tertiary/aromatic N) is 4. The number of sulfone groups is 1. The Morgan fingerprint density at radius 3 is 2.83 bits per heavy atom. The number of thioether (sulfide) groups is 1. The van der Waals surface area contributed by atoms with Crippen molar-refractivity contribution < 1.29 is 13.2 Å². The van der Waals surface area contributed by atoms with E-state index in [1.165, 1.54) is 11.8 Å². The molecule has 0 aliphatic carbocycles. The normalized spacial score (nSPS) is 22.8. The van der Waals surface area contributed by atoms with E-state index >= 15 is 0 Å². The van der Waals surface area contributed by atoms with Gasteiger partial charge >= 0.3 is 0 Å². The first kappa shape index (κ1) is 17.2. The van der Waals surface area contributed by atoms with Crippen LogP contribution in [0, 0.1) is 13.8 Å². The Kier molecular flexibility index (Phi) is 4.28. The van der Waals surface area contributed by atoms with E-state index in [0.29, 0.717) is 17.4 Å². The monoisotopic (exact) mass is 369 g/mol. The molecule has 1 N–H and O–H groups in total. The molecule has 0 saturated carbocycles. The summed E-state index contributed by atoms with van der Waals surface area (Å²) in [5.41, 5.74) is 1.10. The molecule has 0 aromatic carbocycles. The van der Waals surface area contributed by atoms with Gasteiger partial charge in [-0.25, -0.2) is 17.9 Å². The lowest BCUT2D eigenvalue weighted by molar-refractivity contribution is -0.120. The van der Waals surface area contributed by atoms with Crippen molar-refractivity contribution in [1.29, 1.82) is 0 Å². The lowest BCUT2D eigenvalue weighted by Crippen LogP contribution is -2.47. The molecule has 24 heavy (non-hydrogen) atoms. The summed E-state index contributed by atoms with van der Waals surface area (Å²) in [5, 5.41) is 7.61. The molecule has 130 valence electrons. The fraction of sp³-hybridized carbons (Fsp3) is 0.571. The minimum Gasteiger partial charge on any atom is -0.349 e. The maximum absolute atomic E-state index is 12.1. The topological polar surface area (TPSA) is 106 Å². The van der Waals surface area contributed by atoms with E-state index in [2.05, 4.69) is 20.4 Å². The van der Waals surface area contributed by atoms with Crippen molar-refractivity contribution in [2.24, 2.45) is 0 Å². The highest BCUT2D eigenvalue weighted by Gasteiger charge is 2.39. The fourth-order valence-electron chi connectivity index (χ4n) is 2.82. The van der Waals surface area contributed by atoms with E-state index < -0.39 is 15.4 Å². The van der Waals surface area contributed by atoms with Crippen LogP contribution in [0.15, 0.2) is 11.2 Å². The Balaban J connectivity index is 1.64. The Hall–Kier alpha value is -1.68. The lowest BCUT2D eigenvalue weighted by atomic mass is 10.0. The van der Waals surface area contributed by atoms with Crippen LogP contribution in [0.4, 0.5) is 0 Å². The number of carbonyl (C=O) groups excluding carboxylic acids is 1. The van der Waals surface area contributed by atoms with E-state index in [1.807, 2.05) is 19.9 Å². The lowest BCUT2D eigenvalue weighted by Gasteiger charge is -2.23. The molecule has 3 heterocycles. The van der Waals surface area contributed by atoms with Crippen LogP contribution in [-0.4, -0.2) is 56.7 Å². The third-order valence-corrected chi connectivity index (χ3v) is 6.62. The summed E-state index contributed by atoms with van der Waals surface area (Å²) < 4.78 is 24.8. The quantitative estimate of drug-likeness (QED) is 0.783. The van der Waals surface area contributed by atoms with Crippen LogP contribution in [0.5, 0.6) is 0 Å². The van der Waals surface area contributed by atoms with Crippen molar-refractivity contribution in [3.63, 3.8) is 0 Å². The molecule has 1 saturated heterocycles. The summed E-state index contributed by atoms with van der Waals surface area (Å²) in [7, 11) is -3.05. The second-order valence-electron chi connectivity index (χ2n) is 6.38. The van der Waals surface area contributed by atoms with E-state index in [1.54, 1.807) is 11.4 Å². The predicted molar refractivity (Wildman–Crippen MR) is 90.8 cm³/mol. The van der Waals surface area contributed by atoms with Crippen molar-refractivity contribution >= 4 is 33.3 Å². The molecule has 0 radical (unpaired) electrons. The summed E-state index contributed by atoms with van der Waals surface area (Å²) in [6, 6.07) is 1.91. The Morgan fingerprint density at radius 2 is 2.17 bits per heavy atom. The third-order valence-electron chi connectivity index (χ3n) is 3.88. The fourth-order valence-corrected chi connectivity index (χ4v) is 5.53. The number of aromatic nitrogens is 4. The summed E-state index contributed by atoms with van der Waals surface area (Å²) in [6.07, 6.45) is 0.445. The first-order valence-corrected chi connectivity index (χ1v) is 10.3. The average Bonchev–Trinajstić information content (AvgIpc) is 2.97. The first-order valence-electron chi connectivity index (χ1n) is 7.51. The van der Waals surface area contributed by atoms with Crippen molar-refractivity contribution in [2.75, 3.05) is 17.3 Å². The molecule has 0 spiro atoms. The smallest absolute Gasteiger partial charge is 0.253 e. The van der Waals surface area contributed by atoms with Gasteiger partial charge in [-0.15, -0.1) is 5.10 Å². The zero-order valence-corrected chi connectivity index (χ0v) is 15.4. The van der Waals surface area contributed by atoms with Gasteiger partial charge in [-0.1, -0.05) is 11.8 Å². The molecule has 3 rings (SSSR count). The highest BCUT2D eigenvalue weighted by atomic mass is 32.2. The Bertz CT molecular complexity index is 909. The van der Waals surface area contributed by atoms with Gasteiger partial charge in [0.1, 0.15) is 0 Å². The minimum absolute atomic E-state index is 0.00852. The molecule has 1 atom stereocenters. The number of aryl methyl sites for hydroxylation is 2. The van der Waals surface area contributed by atoms with Crippen LogP contribution in [0.1, 0.15) is 24.7 Å². The average molecular weight is 369 g/mol. The molecule has 2 aromatic heterocycles. The standard InChI is InChI=1S/C14H19N5O3S2/c1-9-6-10(2)19-12(15-9)16-13(18-19)23-7-11(20)17-14(3)4-5-24(21,22)8-14/h6H,4-5,7-8H2,1-3H3,(H,17,20). The number of hydrogen-bond acceptors (Lipinski definition) is 7. The summed E-state index contributed by atoms with van der Waals surface area (Å²) in [4.78, 5) is 20.7. The van der Waals surface area contributed by atoms with Gasteiger partial charge in [-0.3, -0.25) is 4.79 Å². The minimum atomic E-state index is -3.05. The molecule has 0 bridgehead atoms. The van der Waals surface area contributed by atoms with Gasteiger partial charge in [0.25, 0.3) is 5.78 Å². The maximum Gasteiger partial charge on any atom is 0.253 e. The number of amides is 1. The molecule has 2 aromatic rings. The van der Waals surface area contributed by atoms with E-state index in [0.717, 1.165) is 11.4 Å². The van der Waals surface area contributed by atoms with Gasteiger partial charge in [-0.05, 0) is 33.3 Å². The Labute approximate surface area is 144 Å². The largest absolute Gasteiger partial charge is 0.349 e. The van der Waals surface area contributed by atoms with Gasteiger partial charge in [-0.2, -0.15) is 4.98 Å². The van der Waals surface area contributed by atoms with Crippen molar-refractivity contribution in [3.05, 3.63) is 17.5 Å². The van der Waals surface area contributed by atoms with E-state index in [4.69, 9.17) is 0 Å². The van der Waals surface area contributed by atoms with Crippen molar-refractivity contribution in [1.82, 2.24) is 24.9 Å². The van der Waals surface area contributed by atoms with E-state index in [-0.39, 0.29) is 23.2 Å². The van der Waals surface area contributed by atoms with Crippen LogP contribution in [0.25, 0.3) is 5.78 Å². The number of carbonyl (C=O) groups is 1. The maximum atomic E-state index is 12.1. The SMILES string of the molecule is Cc1cc(C)n2nc(SCC(=O)NC3(C)CCS(=O)(=O)C3)nc2n1. The highest BCUT2D eigenvalue weighted by Crippen LogP contribution is 2.23. The molecule has 1 fully saturated rings. The van der Waals surface area contributed by atoms with Gasteiger partial charge in [0.2, 0.25) is 11.1 Å². The van der Waals surface area contributed by atoms with Crippen molar-refractivity contribution in [2.45, 2.75) is 37.9 Å². The van der Waals surface area contributed by atoms with Crippen LogP contribution in [0.3, 0.4) is 0 Å². The molecular weight excluding hydrogens is 350 g/mol. The van der Waals surface area contributed by atoms with Crippen molar-refractivity contribution in [3.8, 4) is 0 Å². The molecule has 10 heteroatoms. The number of hydrogen-bond donors (Lipinski definition) is 1. The van der Waals surface area contributed by atoms with Gasteiger partial charge < -0.3 is 5.32 Å². The number of fused-ring (bicyclic) bond motifs is 1. The summed E-state index contributed by atoms with van der Waals surface area (Å²) >= 11 is 1.21. The number of rotatable bonds is 4. The van der Waals surface area contributed by atoms with Gasteiger partial charge in [0, 0.05) is 11.4 Å². The van der Waals surface area contributed by atoms with Crippen LogP contribution >= 0.6 is 11.8 Å². The molecule has 1 aliphatic heterocycles. The first-order chi connectivity index (χ1) is 11.2. The molecule has 1 aliphatic rings. The molecular formula is C14H19N5O3S2. The molecule has 1 unspecified atom stereocenters. The highest BCUT2D eigenvalue weighted by molar-refractivity contribution is 7.99. The van der Waals surface area contributed by atoms with Crippen LogP contribution < -0.4 is 5.32 Å². The zero-order valence-electron chi connectivity index (χ0n) is 13.7. The van der Waals surface area contributed by atoms with Gasteiger partial charge in [0.05, 0.1) is 22.8 Å². The van der Waals surface area contributed by atoms with Crippen LogP contribution in [-0.2, 0) is 14.6 Å².